The van der Waals surface area contributed by atoms with Crippen LogP contribution in [-0.2, 0) is 13.6 Å². The summed E-state index contributed by atoms with van der Waals surface area (Å²) in [5.41, 5.74) is 3.41. The van der Waals surface area contributed by atoms with Gasteiger partial charge in [0.1, 0.15) is 0 Å². The number of hydrogen-bond donors (Lipinski definition) is 2. The molecule has 18 heavy (non-hydrogen) atoms. The van der Waals surface area contributed by atoms with Crippen LogP contribution in [0.3, 0.4) is 0 Å². The number of nitrogens with one attached hydrogen (secondary N) is 1. The first-order valence-corrected chi connectivity index (χ1v) is 5.75. The van der Waals surface area contributed by atoms with Crippen molar-refractivity contribution in [1.82, 2.24) is 4.57 Å². The predicted octanol–water partition coefficient (Wildman–Crippen LogP) is 2.64. The number of aromatic nitrogens is 1. The molecule has 0 radical (unpaired) electrons. The maximum Gasteiger partial charge on any atom is 0.335 e. The van der Waals surface area contributed by atoms with Crippen molar-refractivity contribution in [2.24, 2.45) is 7.05 Å². The Morgan fingerprint density at radius 3 is 2.72 bits per heavy atom. The van der Waals surface area contributed by atoms with Gasteiger partial charge in [0.2, 0.25) is 0 Å². The first kappa shape index (κ1) is 12.2. The molecule has 1 heterocycles. The van der Waals surface area contributed by atoms with E-state index in [9.17, 15) is 4.79 Å². The summed E-state index contributed by atoms with van der Waals surface area (Å²) in [6, 6.07) is 7.15. The smallest absolute Gasteiger partial charge is 0.335 e. The van der Waals surface area contributed by atoms with Crippen molar-refractivity contribution in [3.8, 4) is 0 Å². The van der Waals surface area contributed by atoms with E-state index in [2.05, 4.69) is 5.32 Å². The third-order valence-corrected chi connectivity index (χ3v) is 2.85. The third-order valence-electron chi connectivity index (χ3n) is 2.85. The minimum absolute atomic E-state index is 0.317. The summed E-state index contributed by atoms with van der Waals surface area (Å²) in [6.07, 6.45) is 4.05. The van der Waals surface area contributed by atoms with Gasteiger partial charge < -0.3 is 15.0 Å². The highest BCUT2D eigenvalue weighted by atomic mass is 16.4. The topological polar surface area (TPSA) is 54.3 Å². The number of aromatic carboxylic acids is 1. The van der Waals surface area contributed by atoms with Crippen molar-refractivity contribution >= 4 is 11.7 Å². The molecule has 0 unspecified atom stereocenters. The molecular weight excluding hydrogens is 228 g/mol. The van der Waals surface area contributed by atoms with E-state index < -0.39 is 5.97 Å². The summed E-state index contributed by atoms with van der Waals surface area (Å²) >= 11 is 0. The molecule has 1 aromatic carbocycles. The summed E-state index contributed by atoms with van der Waals surface area (Å²) in [5, 5.41) is 12.2. The van der Waals surface area contributed by atoms with E-state index in [0.717, 1.165) is 17.8 Å². The second-order valence-electron chi connectivity index (χ2n) is 4.37. The Bertz CT molecular complexity index is 573. The van der Waals surface area contributed by atoms with Gasteiger partial charge in [-0.05, 0) is 42.3 Å². The SMILES string of the molecule is Cc1cc(C(=O)O)ccc1NCc1ccn(C)c1. The van der Waals surface area contributed by atoms with Crippen LogP contribution in [-0.4, -0.2) is 15.6 Å². The zero-order valence-corrected chi connectivity index (χ0v) is 10.5. The number of hydrogen-bond acceptors (Lipinski definition) is 2. The number of carboxylic acid groups (broad SMARTS) is 1. The minimum Gasteiger partial charge on any atom is -0.478 e. The van der Waals surface area contributed by atoms with Crippen LogP contribution in [0.25, 0.3) is 0 Å². The van der Waals surface area contributed by atoms with Crippen LogP contribution in [0.5, 0.6) is 0 Å². The molecule has 1 aromatic heterocycles. The van der Waals surface area contributed by atoms with Gasteiger partial charge >= 0.3 is 5.97 Å². The van der Waals surface area contributed by atoms with Crippen LogP contribution < -0.4 is 5.32 Å². The molecule has 0 saturated carbocycles. The Balaban J connectivity index is 2.08. The predicted molar refractivity (Wildman–Crippen MR) is 70.9 cm³/mol. The lowest BCUT2D eigenvalue weighted by Crippen LogP contribution is -2.02. The van der Waals surface area contributed by atoms with Crippen LogP contribution in [0.15, 0.2) is 36.7 Å². The molecule has 0 aliphatic rings. The van der Waals surface area contributed by atoms with Crippen LogP contribution in [0.1, 0.15) is 21.5 Å². The van der Waals surface area contributed by atoms with Gasteiger partial charge in [0.25, 0.3) is 0 Å². The van der Waals surface area contributed by atoms with Crippen LogP contribution >= 0.6 is 0 Å². The van der Waals surface area contributed by atoms with Gasteiger partial charge in [-0.15, -0.1) is 0 Å². The van der Waals surface area contributed by atoms with Gasteiger partial charge in [-0.2, -0.15) is 0 Å². The molecule has 0 aliphatic heterocycles. The van der Waals surface area contributed by atoms with Gasteiger partial charge in [0.15, 0.2) is 0 Å². The zero-order valence-electron chi connectivity index (χ0n) is 10.5. The fourth-order valence-electron chi connectivity index (χ4n) is 1.86. The van der Waals surface area contributed by atoms with Crippen molar-refractivity contribution in [1.29, 1.82) is 0 Å². The van der Waals surface area contributed by atoms with Crippen molar-refractivity contribution in [3.05, 3.63) is 53.3 Å². The Morgan fingerprint density at radius 2 is 2.17 bits per heavy atom. The Kier molecular flexibility index (Phi) is 3.37. The second kappa shape index (κ2) is 4.96. The molecule has 0 amide bonds. The van der Waals surface area contributed by atoms with E-state index in [4.69, 9.17) is 5.11 Å². The van der Waals surface area contributed by atoms with Crippen molar-refractivity contribution in [2.75, 3.05) is 5.32 Å². The molecule has 0 aliphatic carbocycles. The monoisotopic (exact) mass is 244 g/mol. The molecule has 4 heteroatoms. The molecule has 0 atom stereocenters. The fraction of sp³-hybridized carbons (Fsp3) is 0.214. The third kappa shape index (κ3) is 2.71. The molecule has 2 rings (SSSR count). The molecule has 0 saturated heterocycles. The maximum atomic E-state index is 10.8. The standard InChI is InChI=1S/C14H16N2O2/c1-10-7-12(14(17)18)3-4-13(10)15-8-11-5-6-16(2)9-11/h3-7,9,15H,8H2,1-2H3,(H,17,18). The molecule has 0 fully saturated rings. The largest absolute Gasteiger partial charge is 0.478 e. The number of anilines is 1. The molecule has 0 spiro atoms. The van der Waals surface area contributed by atoms with Crippen LogP contribution in [0, 0.1) is 6.92 Å². The van der Waals surface area contributed by atoms with Crippen molar-refractivity contribution in [3.63, 3.8) is 0 Å². The average Bonchev–Trinajstić information content (AvgIpc) is 2.73. The summed E-state index contributed by atoms with van der Waals surface area (Å²) in [5.74, 6) is -0.896. The lowest BCUT2D eigenvalue weighted by molar-refractivity contribution is 0.0697. The van der Waals surface area contributed by atoms with Crippen molar-refractivity contribution < 1.29 is 9.90 Å². The van der Waals surface area contributed by atoms with E-state index in [-0.39, 0.29) is 0 Å². The summed E-state index contributed by atoms with van der Waals surface area (Å²) < 4.78 is 2.00. The van der Waals surface area contributed by atoms with Gasteiger partial charge in [-0.3, -0.25) is 0 Å². The highest BCUT2D eigenvalue weighted by molar-refractivity contribution is 5.88. The van der Waals surface area contributed by atoms with Crippen LogP contribution in [0.4, 0.5) is 5.69 Å². The zero-order chi connectivity index (χ0) is 13.1. The lowest BCUT2D eigenvalue weighted by Gasteiger charge is -2.09. The van der Waals surface area contributed by atoms with E-state index in [1.165, 1.54) is 5.56 Å². The fourth-order valence-corrected chi connectivity index (χ4v) is 1.86. The molecular formula is C14H16N2O2. The number of nitrogens with zero attached hydrogens (tertiary/aromatic N) is 1. The van der Waals surface area contributed by atoms with E-state index >= 15 is 0 Å². The number of rotatable bonds is 4. The van der Waals surface area contributed by atoms with Gasteiger partial charge in [-0.25, -0.2) is 4.79 Å². The van der Waals surface area contributed by atoms with Gasteiger partial charge in [0.05, 0.1) is 5.56 Å². The Labute approximate surface area is 106 Å². The molecule has 4 nitrogen and oxygen atoms in total. The van der Waals surface area contributed by atoms with Crippen molar-refractivity contribution in [2.45, 2.75) is 13.5 Å². The molecule has 2 aromatic rings. The number of aryl methyl sites for hydroxylation is 2. The normalized spacial score (nSPS) is 10.3. The first-order chi connectivity index (χ1) is 8.56. The highest BCUT2D eigenvalue weighted by Gasteiger charge is 2.05. The number of carbonyl (C=O) groups is 1. The van der Waals surface area contributed by atoms with E-state index in [1.54, 1.807) is 12.1 Å². The number of benzene rings is 1. The lowest BCUT2D eigenvalue weighted by atomic mass is 10.1. The van der Waals surface area contributed by atoms with Gasteiger partial charge in [-0.1, -0.05) is 0 Å². The summed E-state index contributed by atoms with van der Waals surface area (Å²) in [7, 11) is 1.98. The highest BCUT2D eigenvalue weighted by Crippen LogP contribution is 2.17. The maximum absolute atomic E-state index is 10.8. The van der Waals surface area contributed by atoms with Gasteiger partial charge in [0, 0.05) is 31.7 Å². The summed E-state index contributed by atoms with van der Waals surface area (Å²) in [6.45, 7) is 2.63. The van der Waals surface area contributed by atoms with E-state index in [1.807, 2.05) is 43.1 Å². The average molecular weight is 244 g/mol. The minimum atomic E-state index is -0.896. The summed E-state index contributed by atoms with van der Waals surface area (Å²) in [4.78, 5) is 10.8. The Hall–Kier alpha value is -2.23. The molecule has 2 N–H and O–H groups in total. The molecule has 0 bridgehead atoms. The van der Waals surface area contributed by atoms with E-state index in [0.29, 0.717) is 5.56 Å². The second-order valence-corrected chi connectivity index (χ2v) is 4.37. The first-order valence-electron chi connectivity index (χ1n) is 5.75. The number of carboxylic acids is 1. The van der Waals surface area contributed by atoms with Crippen LogP contribution in [0.2, 0.25) is 0 Å². The Morgan fingerprint density at radius 1 is 1.39 bits per heavy atom. The quantitative estimate of drug-likeness (QED) is 0.869. The molecule has 94 valence electrons.